The fraction of sp³-hybridized carbons (Fsp3) is 0.0149. The highest BCUT2D eigenvalue weighted by Gasteiger charge is 2.31. The third-order valence-corrected chi connectivity index (χ3v) is 14.0. The van der Waals surface area contributed by atoms with E-state index in [0.717, 1.165) is 88.7 Å². The summed E-state index contributed by atoms with van der Waals surface area (Å²) < 4.78 is 71.0. The molecule has 322 valence electrons. The van der Waals surface area contributed by atoms with Gasteiger partial charge in [0.05, 0.1) is 37.3 Å². The molecular weight excluding hydrogens is 833 g/mol. The fourth-order valence-corrected chi connectivity index (χ4v) is 11.0. The largest absolute Gasteiger partial charge is 0.309 e. The zero-order chi connectivity index (χ0) is 51.5. The third kappa shape index (κ3) is 6.26. The second kappa shape index (κ2) is 15.8. The molecule has 69 heavy (non-hydrogen) atoms. The van der Waals surface area contributed by atoms with Crippen molar-refractivity contribution in [3.05, 3.63) is 277 Å². The minimum absolute atomic E-state index is 0.0814. The van der Waals surface area contributed by atoms with E-state index in [1.807, 2.05) is 91.0 Å². The van der Waals surface area contributed by atoms with Crippen LogP contribution in [0.1, 0.15) is 32.2 Å². The van der Waals surface area contributed by atoms with Crippen molar-refractivity contribution in [3.63, 3.8) is 0 Å². The number of aromatic nitrogens is 2. The Bertz CT molecular complexity index is 4540. The Labute approximate surface area is 411 Å². The second-order valence-corrected chi connectivity index (χ2v) is 17.8. The fourth-order valence-electron chi connectivity index (χ4n) is 11.0. The van der Waals surface area contributed by atoms with Crippen LogP contribution in [0.2, 0.25) is 0 Å². The monoisotopic (exact) mass is 883 g/mol. The molecule has 0 fully saturated rings. The van der Waals surface area contributed by atoms with Gasteiger partial charge in [0.2, 0.25) is 0 Å². The Morgan fingerprint density at radius 1 is 0.333 bits per heavy atom. The first-order valence-electron chi connectivity index (χ1n) is 26.9. The predicted octanol–water partition coefficient (Wildman–Crippen LogP) is 17.7. The van der Waals surface area contributed by atoms with Crippen molar-refractivity contribution >= 4 is 43.6 Å². The molecule has 2 nitrogen and oxygen atoms in total. The molecule has 2 aromatic heterocycles. The number of para-hydroxylation sites is 2. The van der Waals surface area contributed by atoms with Crippen LogP contribution in [0.5, 0.6) is 0 Å². The van der Waals surface area contributed by atoms with Gasteiger partial charge in [-0.25, -0.2) is 0 Å². The first-order valence-corrected chi connectivity index (χ1v) is 23.4. The number of hydrogen-bond acceptors (Lipinski definition) is 0. The van der Waals surface area contributed by atoms with E-state index in [2.05, 4.69) is 132 Å². The van der Waals surface area contributed by atoms with Crippen molar-refractivity contribution in [2.75, 3.05) is 0 Å². The highest BCUT2D eigenvalue weighted by molar-refractivity contribution is 6.17. The Morgan fingerprint density at radius 3 is 1.80 bits per heavy atom. The molecule has 0 bridgehead atoms. The highest BCUT2D eigenvalue weighted by Crippen LogP contribution is 2.50. The molecule has 1 atom stereocenters. The van der Waals surface area contributed by atoms with Gasteiger partial charge in [-0.15, -0.1) is 0 Å². The average molecular weight is 884 g/mol. The molecular formula is C67H44N2. The van der Waals surface area contributed by atoms with Crippen LogP contribution in [0.4, 0.5) is 0 Å². The van der Waals surface area contributed by atoms with Gasteiger partial charge in [0.25, 0.3) is 0 Å². The molecule has 0 spiro atoms. The van der Waals surface area contributed by atoms with E-state index in [1.54, 1.807) is 4.57 Å². The van der Waals surface area contributed by atoms with Gasteiger partial charge < -0.3 is 9.13 Å². The van der Waals surface area contributed by atoms with E-state index >= 15 is 0 Å². The smallest absolute Gasteiger partial charge is 0.0645 e. The molecule has 0 saturated heterocycles. The SMILES string of the molecule is [2H]c1c([2H])c([2H])c2c(c1[2H])c1c([2H])c(-c3ccc4c(c3)c3c(-c5ccccc5)cccc3n4-c3ccccc3-c3ccccc3)c([2H])c([2H])c1n2-c1ccc2c(c1)-c1ccccc1C2c1cccc(-c2ccccc2)c1. The van der Waals surface area contributed by atoms with Crippen molar-refractivity contribution in [3.8, 4) is 67.0 Å². The number of nitrogens with zero attached hydrogens (tertiary/aromatic N) is 2. The summed E-state index contributed by atoms with van der Waals surface area (Å²) in [5, 5.41) is 2.22. The zero-order valence-electron chi connectivity index (χ0n) is 44.3. The number of hydrogen-bond donors (Lipinski definition) is 0. The van der Waals surface area contributed by atoms with Gasteiger partial charge in [0.15, 0.2) is 0 Å². The second-order valence-electron chi connectivity index (χ2n) is 17.8. The average Bonchev–Trinajstić information content (AvgIpc) is 4.18. The summed E-state index contributed by atoms with van der Waals surface area (Å²) in [5.41, 5.74) is 16.4. The van der Waals surface area contributed by atoms with E-state index in [1.165, 1.54) is 0 Å². The quantitative estimate of drug-likeness (QED) is 0.151. The molecule has 0 saturated carbocycles. The minimum Gasteiger partial charge on any atom is -0.309 e. The van der Waals surface area contributed by atoms with E-state index < -0.39 is 12.1 Å². The summed E-state index contributed by atoms with van der Waals surface area (Å²) in [7, 11) is 0. The van der Waals surface area contributed by atoms with Gasteiger partial charge in [-0.05, 0) is 121 Å². The molecule has 13 aromatic rings. The van der Waals surface area contributed by atoms with Crippen LogP contribution in [0.15, 0.2) is 261 Å². The summed E-state index contributed by atoms with van der Waals surface area (Å²) >= 11 is 0. The van der Waals surface area contributed by atoms with Crippen LogP contribution in [-0.2, 0) is 0 Å². The van der Waals surface area contributed by atoms with Crippen LogP contribution in [0, 0.1) is 0 Å². The lowest BCUT2D eigenvalue weighted by molar-refractivity contribution is 1.01. The lowest BCUT2D eigenvalue weighted by Crippen LogP contribution is -2.00. The lowest BCUT2D eigenvalue weighted by atomic mass is 9.87. The third-order valence-electron chi connectivity index (χ3n) is 14.0. The standard InChI is InChI=1S/C67H44N2/c1-4-18-44(19-5-1)47-24-16-25-50(40-47)66-56-29-11-10-27-54(56)58-43-51(36-37-57(58)66)68-62-32-15-13-28-55(62)59-41-48(34-38-63(59)68)49-35-39-64-60(42-49)67-53(46-22-8-3-9-23-46)30-17-33-65(67)69(64)61-31-14-12-26-52(61)45-20-6-2-7-21-45/h1-43,66H/i13D,15D,28D,32D,34D,38D,41D. The Kier molecular flexibility index (Phi) is 7.49. The maximum Gasteiger partial charge on any atom is 0.0645 e. The van der Waals surface area contributed by atoms with Crippen molar-refractivity contribution in [1.82, 2.24) is 9.13 Å². The molecule has 0 amide bonds. The zero-order valence-corrected chi connectivity index (χ0v) is 37.3. The van der Waals surface area contributed by atoms with Crippen LogP contribution < -0.4 is 0 Å². The van der Waals surface area contributed by atoms with Gasteiger partial charge in [-0.3, -0.25) is 0 Å². The molecule has 1 unspecified atom stereocenters. The van der Waals surface area contributed by atoms with Crippen molar-refractivity contribution < 1.29 is 9.60 Å². The highest BCUT2D eigenvalue weighted by atomic mass is 15.0. The molecule has 14 rings (SSSR count). The van der Waals surface area contributed by atoms with Crippen molar-refractivity contribution in [2.24, 2.45) is 0 Å². The van der Waals surface area contributed by atoms with Crippen LogP contribution in [0.3, 0.4) is 0 Å². The van der Waals surface area contributed by atoms with Gasteiger partial charge in [-0.1, -0.05) is 206 Å². The van der Waals surface area contributed by atoms with E-state index in [0.29, 0.717) is 11.3 Å². The molecule has 11 aromatic carbocycles. The number of fused-ring (bicyclic) bond motifs is 9. The molecule has 0 aliphatic heterocycles. The van der Waals surface area contributed by atoms with E-state index in [-0.39, 0.29) is 63.5 Å². The Balaban J connectivity index is 1.01. The van der Waals surface area contributed by atoms with Gasteiger partial charge in [-0.2, -0.15) is 0 Å². The summed E-state index contributed by atoms with van der Waals surface area (Å²) in [5.74, 6) is -0.0814. The Hall–Kier alpha value is -8.98. The summed E-state index contributed by atoms with van der Waals surface area (Å²) in [6.07, 6.45) is 0. The van der Waals surface area contributed by atoms with E-state index in [4.69, 9.17) is 2.74 Å². The molecule has 1 aliphatic rings. The predicted molar refractivity (Wildman–Crippen MR) is 290 cm³/mol. The number of benzene rings is 11. The van der Waals surface area contributed by atoms with Gasteiger partial charge in [0, 0.05) is 38.7 Å². The van der Waals surface area contributed by atoms with Gasteiger partial charge in [0.1, 0.15) is 0 Å². The molecule has 0 radical (unpaired) electrons. The van der Waals surface area contributed by atoms with Crippen molar-refractivity contribution in [1.29, 1.82) is 0 Å². The first-order chi connectivity index (χ1) is 37.2. The summed E-state index contributed by atoms with van der Waals surface area (Å²) in [6, 6.07) is 72.8. The molecule has 0 N–H and O–H groups in total. The normalized spacial score (nSPS) is 14.5. The van der Waals surface area contributed by atoms with E-state index in [9.17, 15) is 6.85 Å². The molecule has 2 heteroatoms. The topological polar surface area (TPSA) is 9.86 Å². The Morgan fingerprint density at radius 2 is 0.971 bits per heavy atom. The maximum atomic E-state index is 10.2. The molecule has 1 aliphatic carbocycles. The van der Waals surface area contributed by atoms with Gasteiger partial charge >= 0.3 is 0 Å². The lowest BCUT2D eigenvalue weighted by Gasteiger charge is -2.16. The molecule has 2 heterocycles. The summed E-state index contributed by atoms with van der Waals surface area (Å²) in [4.78, 5) is 0. The van der Waals surface area contributed by atoms with Crippen LogP contribution in [-0.4, -0.2) is 9.13 Å². The van der Waals surface area contributed by atoms with Crippen LogP contribution in [0.25, 0.3) is 111 Å². The first kappa shape index (κ1) is 32.7. The van der Waals surface area contributed by atoms with Crippen molar-refractivity contribution in [2.45, 2.75) is 5.92 Å². The maximum absolute atomic E-state index is 10.2. The summed E-state index contributed by atoms with van der Waals surface area (Å²) in [6.45, 7) is 0. The minimum atomic E-state index is -0.430. The van der Waals surface area contributed by atoms with Crippen LogP contribution >= 0.6 is 0 Å². The number of rotatable bonds is 7.